The van der Waals surface area contributed by atoms with Gasteiger partial charge in [-0.1, -0.05) is 32.0 Å². The van der Waals surface area contributed by atoms with Gasteiger partial charge in [0.05, 0.1) is 11.7 Å². The molecule has 2 N–H and O–H groups in total. The van der Waals surface area contributed by atoms with E-state index in [-0.39, 0.29) is 35.2 Å². The minimum atomic E-state index is -4.16. The van der Waals surface area contributed by atoms with E-state index >= 15 is 0 Å². The van der Waals surface area contributed by atoms with Crippen LogP contribution in [0.25, 0.3) is 11.3 Å². The molecule has 2 aromatic heterocycles. The van der Waals surface area contributed by atoms with Gasteiger partial charge < -0.3 is 10.1 Å². The number of benzene rings is 1. The number of rotatable bonds is 3. The number of anilines is 1. The average Bonchev–Trinajstić information content (AvgIpc) is 3.13. The molecular weight excluding hydrogens is 456 g/mol. The second-order valence-corrected chi connectivity index (χ2v) is 10.5. The highest BCUT2D eigenvalue weighted by molar-refractivity contribution is 7.92. The summed E-state index contributed by atoms with van der Waals surface area (Å²) >= 11 is 0. The first-order valence-corrected chi connectivity index (χ1v) is 12.5. The lowest BCUT2D eigenvalue weighted by Gasteiger charge is -2.21. The molecule has 0 aliphatic carbocycles. The lowest BCUT2D eigenvalue weighted by atomic mass is 10.00. The molecule has 10 nitrogen and oxygen atoms in total. The maximum absolute atomic E-state index is 13.0. The molecule has 4 rings (SSSR count). The Morgan fingerprint density at radius 3 is 2.56 bits per heavy atom. The third-order valence-corrected chi connectivity index (χ3v) is 6.76. The number of ether oxygens (including phenoxy) is 1. The predicted molar refractivity (Wildman–Crippen MR) is 127 cm³/mol. The third-order valence-electron chi connectivity index (χ3n) is 5.55. The largest absolute Gasteiger partial charge is 0.475 e. The van der Waals surface area contributed by atoms with Gasteiger partial charge in [0.2, 0.25) is 11.8 Å². The van der Waals surface area contributed by atoms with E-state index in [4.69, 9.17) is 4.74 Å². The van der Waals surface area contributed by atoms with Gasteiger partial charge in [-0.25, -0.2) is 9.71 Å². The van der Waals surface area contributed by atoms with E-state index in [2.05, 4.69) is 25.1 Å². The first-order valence-electron chi connectivity index (χ1n) is 11.0. The topological polar surface area (TPSA) is 128 Å². The Hall–Kier alpha value is -3.47. The van der Waals surface area contributed by atoms with Gasteiger partial charge in [-0.3, -0.25) is 9.48 Å². The van der Waals surface area contributed by atoms with Gasteiger partial charge in [0.25, 0.3) is 15.9 Å². The Labute approximate surface area is 198 Å². The maximum Gasteiger partial charge on any atom is 0.283 e. The fourth-order valence-corrected chi connectivity index (χ4v) is 4.96. The molecule has 1 amide bonds. The van der Waals surface area contributed by atoms with Crippen LogP contribution in [0.2, 0.25) is 0 Å². The molecule has 0 radical (unpaired) electrons. The smallest absolute Gasteiger partial charge is 0.283 e. The van der Waals surface area contributed by atoms with E-state index in [1.165, 1.54) is 17.8 Å². The van der Waals surface area contributed by atoms with Crippen LogP contribution in [0.5, 0.6) is 5.88 Å². The van der Waals surface area contributed by atoms with E-state index in [1.54, 1.807) is 6.07 Å². The van der Waals surface area contributed by atoms with Crippen molar-refractivity contribution in [2.24, 2.45) is 13.0 Å². The number of aromatic nitrogens is 4. The molecule has 1 aliphatic heterocycles. The Kier molecular flexibility index (Phi) is 6.30. The van der Waals surface area contributed by atoms with Crippen molar-refractivity contribution in [2.45, 2.75) is 45.2 Å². The number of fused-ring (bicyclic) bond motifs is 4. The minimum Gasteiger partial charge on any atom is -0.475 e. The fraction of sp³-hybridized carbons (Fsp3) is 0.391. The molecule has 3 heterocycles. The van der Waals surface area contributed by atoms with Gasteiger partial charge in [0.15, 0.2) is 5.03 Å². The maximum atomic E-state index is 13.0. The van der Waals surface area contributed by atoms with Gasteiger partial charge in [-0.2, -0.15) is 18.5 Å². The highest BCUT2D eigenvalue weighted by Crippen LogP contribution is 2.29. The van der Waals surface area contributed by atoms with Crippen molar-refractivity contribution in [1.29, 1.82) is 0 Å². The number of amides is 1. The molecular formula is C23H28N6O4S. The molecule has 0 spiro atoms. The summed E-state index contributed by atoms with van der Waals surface area (Å²) in [5.74, 6) is -0.0754. The van der Waals surface area contributed by atoms with Gasteiger partial charge in [0.1, 0.15) is 12.3 Å². The van der Waals surface area contributed by atoms with Crippen molar-refractivity contribution < 1.29 is 17.9 Å². The van der Waals surface area contributed by atoms with E-state index in [0.717, 1.165) is 16.7 Å². The van der Waals surface area contributed by atoms with E-state index in [9.17, 15) is 13.2 Å². The number of aryl methyl sites for hydroxylation is 3. The first-order chi connectivity index (χ1) is 16.0. The number of sulfonamides is 1. The summed E-state index contributed by atoms with van der Waals surface area (Å²) < 4.78 is 35.7. The number of carbonyl (C=O) groups is 1. The van der Waals surface area contributed by atoms with Crippen LogP contribution < -0.4 is 14.8 Å². The highest BCUT2D eigenvalue weighted by atomic mass is 32.2. The SMILES string of the molecule is Cc1cccc(C)c1-c1cc2nc(n1)NS(=O)(=O)c1cc(n(C)n1)C(=O)N[C@H](CC(C)C)CO2. The summed E-state index contributed by atoms with van der Waals surface area (Å²) in [5.41, 5.74) is 3.48. The molecule has 0 saturated heterocycles. The van der Waals surface area contributed by atoms with Crippen molar-refractivity contribution in [3.8, 4) is 17.1 Å². The molecule has 0 saturated carbocycles. The quantitative estimate of drug-likeness (QED) is 0.585. The van der Waals surface area contributed by atoms with Crippen molar-refractivity contribution in [1.82, 2.24) is 25.1 Å². The Bertz CT molecular complexity index is 1330. The second-order valence-electron chi connectivity index (χ2n) is 8.89. The van der Waals surface area contributed by atoms with Crippen LogP contribution in [0.4, 0.5) is 5.95 Å². The van der Waals surface area contributed by atoms with Gasteiger partial charge in [-0.15, -0.1) is 0 Å². The second kappa shape index (κ2) is 9.05. The standard InChI is InChI=1S/C23H28N6O4S/c1-13(2)9-16-12-33-19-10-17(21-14(3)7-6-8-15(21)4)25-23(26-19)28-34(31,32)20-11-18(22(30)24-16)29(5)27-20/h6-8,10-11,13,16H,9,12H2,1-5H3,(H,24,30)(H,25,26,28)/t16-/m1/s1. The number of hydrogen-bond acceptors (Lipinski definition) is 7. The van der Waals surface area contributed by atoms with E-state index in [1.807, 2.05) is 45.9 Å². The van der Waals surface area contributed by atoms with Crippen molar-refractivity contribution >= 4 is 21.9 Å². The summed E-state index contributed by atoms with van der Waals surface area (Å²) in [7, 11) is -2.64. The minimum absolute atomic E-state index is 0.122. The van der Waals surface area contributed by atoms with Crippen LogP contribution in [0, 0.1) is 19.8 Å². The van der Waals surface area contributed by atoms with Crippen LogP contribution in [-0.2, 0) is 17.1 Å². The lowest BCUT2D eigenvalue weighted by Crippen LogP contribution is -2.40. The van der Waals surface area contributed by atoms with Crippen LogP contribution in [0.15, 0.2) is 35.4 Å². The van der Waals surface area contributed by atoms with Crippen LogP contribution in [-0.4, -0.2) is 46.7 Å². The van der Waals surface area contributed by atoms with Crippen molar-refractivity contribution in [3.05, 3.63) is 47.2 Å². The molecule has 3 aromatic rings. The van der Waals surface area contributed by atoms with E-state index in [0.29, 0.717) is 18.0 Å². The fourth-order valence-electron chi connectivity index (χ4n) is 4.03. The highest BCUT2D eigenvalue weighted by Gasteiger charge is 2.27. The van der Waals surface area contributed by atoms with Crippen molar-refractivity contribution in [2.75, 3.05) is 11.3 Å². The average molecular weight is 485 g/mol. The van der Waals surface area contributed by atoms with Gasteiger partial charge in [0, 0.05) is 24.7 Å². The molecule has 180 valence electrons. The summed E-state index contributed by atoms with van der Waals surface area (Å²) in [4.78, 5) is 21.7. The normalized spacial score (nSPS) is 17.6. The summed E-state index contributed by atoms with van der Waals surface area (Å²) in [6.45, 7) is 8.17. The molecule has 1 atom stereocenters. The summed E-state index contributed by atoms with van der Waals surface area (Å²) in [6, 6.07) is 8.46. The van der Waals surface area contributed by atoms with Crippen LogP contribution in [0.1, 0.15) is 41.9 Å². The van der Waals surface area contributed by atoms with Crippen LogP contribution >= 0.6 is 0 Å². The van der Waals surface area contributed by atoms with Crippen LogP contribution in [0.3, 0.4) is 0 Å². The first kappa shape index (κ1) is 23.7. The molecule has 11 heteroatoms. The lowest BCUT2D eigenvalue weighted by molar-refractivity contribution is 0.0903. The zero-order valence-electron chi connectivity index (χ0n) is 19.8. The monoisotopic (exact) mass is 484 g/mol. The molecule has 34 heavy (non-hydrogen) atoms. The van der Waals surface area contributed by atoms with Gasteiger partial charge in [-0.05, 0) is 37.3 Å². The molecule has 0 fully saturated rings. The number of hydrogen-bond donors (Lipinski definition) is 2. The molecule has 1 aromatic carbocycles. The zero-order chi connectivity index (χ0) is 24.6. The third kappa shape index (κ3) is 4.89. The predicted octanol–water partition coefficient (Wildman–Crippen LogP) is 2.83. The Morgan fingerprint density at radius 1 is 1.18 bits per heavy atom. The summed E-state index contributed by atoms with van der Waals surface area (Å²) in [5, 5.41) is 6.67. The molecule has 1 aliphatic rings. The van der Waals surface area contributed by atoms with E-state index < -0.39 is 15.9 Å². The molecule has 4 bridgehead atoms. The Morgan fingerprint density at radius 2 is 1.88 bits per heavy atom. The van der Waals surface area contributed by atoms with Crippen molar-refractivity contribution in [3.63, 3.8) is 0 Å². The number of nitrogens with zero attached hydrogens (tertiary/aromatic N) is 4. The zero-order valence-corrected chi connectivity index (χ0v) is 20.6. The molecule has 0 unspecified atom stereocenters. The Balaban J connectivity index is 1.86. The number of carbonyl (C=O) groups excluding carboxylic acids is 1. The number of nitrogens with one attached hydrogen (secondary N) is 2. The van der Waals surface area contributed by atoms with Gasteiger partial charge >= 0.3 is 0 Å². The summed E-state index contributed by atoms with van der Waals surface area (Å²) in [6.07, 6.45) is 0.661.